The predicted octanol–water partition coefficient (Wildman–Crippen LogP) is 3.88. The lowest BCUT2D eigenvalue weighted by atomic mass is 10.3. The van der Waals surface area contributed by atoms with E-state index in [-0.39, 0.29) is 6.42 Å². The lowest BCUT2D eigenvalue weighted by Gasteiger charge is -1.99. The van der Waals surface area contributed by atoms with Gasteiger partial charge in [0.05, 0.1) is 14.7 Å². The van der Waals surface area contributed by atoms with Gasteiger partial charge in [0.2, 0.25) is 0 Å². The van der Waals surface area contributed by atoms with Crippen LogP contribution >= 0.6 is 34.5 Å². The largest absolute Gasteiger partial charge is 0.481 e. The van der Waals surface area contributed by atoms with Gasteiger partial charge in [-0.2, -0.15) is 0 Å². The number of rotatable bonds is 5. The van der Waals surface area contributed by atoms with E-state index in [1.165, 1.54) is 11.3 Å². The van der Waals surface area contributed by atoms with Gasteiger partial charge in [0.15, 0.2) is 5.13 Å². The number of aliphatic carboxylic acids is 1. The molecule has 2 rings (SSSR count). The first-order valence-electron chi connectivity index (χ1n) is 5.28. The molecule has 0 aliphatic carbocycles. The molecule has 0 aliphatic heterocycles. The molecule has 2 aromatic rings. The van der Waals surface area contributed by atoms with Gasteiger partial charge >= 0.3 is 5.97 Å². The summed E-state index contributed by atoms with van der Waals surface area (Å²) in [4.78, 5) is 14.7. The SMILES string of the molecule is O=C(O)CCCNc1nc2c(Cl)c(Cl)ccc2s1. The molecule has 1 aromatic heterocycles. The number of fused-ring (bicyclic) bond motifs is 1. The Balaban J connectivity index is 2.06. The number of carboxylic acids is 1. The first kappa shape index (κ1) is 13.4. The van der Waals surface area contributed by atoms with Crippen molar-refractivity contribution in [3.8, 4) is 0 Å². The second-order valence-corrected chi connectivity index (χ2v) is 5.47. The van der Waals surface area contributed by atoms with Gasteiger partial charge in [-0.05, 0) is 18.6 Å². The molecular formula is C11H10Cl2N2O2S. The highest BCUT2D eigenvalue weighted by Crippen LogP contribution is 2.35. The molecule has 0 spiro atoms. The van der Waals surface area contributed by atoms with Crippen LogP contribution in [0.3, 0.4) is 0 Å². The third-order valence-corrected chi connectivity index (χ3v) is 4.07. The van der Waals surface area contributed by atoms with Gasteiger partial charge < -0.3 is 10.4 Å². The van der Waals surface area contributed by atoms with E-state index in [4.69, 9.17) is 28.3 Å². The van der Waals surface area contributed by atoms with Gasteiger partial charge in [0.25, 0.3) is 0 Å². The molecule has 1 aromatic carbocycles. The summed E-state index contributed by atoms with van der Waals surface area (Å²) in [6, 6.07) is 3.60. The number of aromatic nitrogens is 1. The van der Waals surface area contributed by atoms with Crippen LogP contribution in [0.4, 0.5) is 5.13 Å². The molecule has 2 N–H and O–H groups in total. The van der Waals surface area contributed by atoms with Crippen LogP contribution < -0.4 is 5.32 Å². The third kappa shape index (κ3) is 3.04. The van der Waals surface area contributed by atoms with Gasteiger partial charge in [-0.1, -0.05) is 34.5 Å². The van der Waals surface area contributed by atoms with Crippen LogP contribution in [0, 0.1) is 0 Å². The second kappa shape index (κ2) is 5.73. The molecule has 0 unspecified atom stereocenters. The van der Waals surface area contributed by atoms with Gasteiger partial charge in [-0.25, -0.2) is 4.98 Å². The molecule has 0 bridgehead atoms. The van der Waals surface area contributed by atoms with E-state index in [0.29, 0.717) is 28.5 Å². The normalized spacial score (nSPS) is 10.8. The van der Waals surface area contributed by atoms with E-state index in [1.54, 1.807) is 6.07 Å². The third-order valence-electron chi connectivity index (χ3n) is 2.30. The number of hydrogen-bond donors (Lipinski definition) is 2. The summed E-state index contributed by atoms with van der Waals surface area (Å²) >= 11 is 13.4. The lowest BCUT2D eigenvalue weighted by Crippen LogP contribution is -2.04. The van der Waals surface area contributed by atoms with Crippen molar-refractivity contribution in [3.63, 3.8) is 0 Å². The summed E-state index contributed by atoms with van der Waals surface area (Å²) in [7, 11) is 0. The Morgan fingerprint density at radius 3 is 2.94 bits per heavy atom. The summed E-state index contributed by atoms with van der Waals surface area (Å²) in [5.41, 5.74) is 0.676. The maximum Gasteiger partial charge on any atom is 0.303 e. The molecule has 7 heteroatoms. The number of carbonyl (C=O) groups is 1. The molecule has 18 heavy (non-hydrogen) atoms. The molecule has 0 atom stereocenters. The van der Waals surface area contributed by atoms with E-state index in [1.807, 2.05) is 6.07 Å². The number of carboxylic acid groups (broad SMARTS) is 1. The van der Waals surface area contributed by atoms with E-state index < -0.39 is 5.97 Å². The summed E-state index contributed by atoms with van der Waals surface area (Å²) in [6.45, 7) is 0.567. The average Bonchev–Trinajstić information content (AvgIpc) is 2.73. The van der Waals surface area contributed by atoms with E-state index >= 15 is 0 Å². The topological polar surface area (TPSA) is 62.2 Å². The lowest BCUT2D eigenvalue weighted by molar-refractivity contribution is -0.137. The number of anilines is 1. The molecule has 4 nitrogen and oxygen atoms in total. The molecule has 0 aliphatic rings. The molecule has 1 heterocycles. The minimum absolute atomic E-state index is 0.143. The Hall–Kier alpha value is -1.04. The van der Waals surface area contributed by atoms with Crippen molar-refractivity contribution in [2.24, 2.45) is 0 Å². The van der Waals surface area contributed by atoms with Crippen molar-refractivity contribution in [1.29, 1.82) is 0 Å². The van der Waals surface area contributed by atoms with Crippen molar-refractivity contribution in [3.05, 3.63) is 22.2 Å². The number of benzene rings is 1. The zero-order chi connectivity index (χ0) is 13.1. The molecule has 0 saturated heterocycles. The highest BCUT2D eigenvalue weighted by atomic mass is 35.5. The smallest absolute Gasteiger partial charge is 0.303 e. The van der Waals surface area contributed by atoms with Gasteiger partial charge in [0.1, 0.15) is 5.52 Å². The zero-order valence-electron chi connectivity index (χ0n) is 9.24. The first-order chi connectivity index (χ1) is 8.58. The maximum atomic E-state index is 10.4. The molecule has 0 amide bonds. The van der Waals surface area contributed by atoms with Crippen molar-refractivity contribution in [2.75, 3.05) is 11.9 Å². The molecule has 0 saturated carbocycles. The summed E-state index contributed by atoms with van der Waals surface area (Å²) in [5.74, 6) is -0.795. The Morgan fingerprint density at radius 2 is 2.22 bits per heavy atom. The first-order valence-corrected chi connectivity index (χ1v) is 6.85. The van der Waals surface area contributed by atoms with Crippen LogP contribution in [0.5, 0.6) is 0 Å². The zero-order valence-corrected chi connectivity index (χ0v) is 11.6. The van der Waals surface area contributed by atoms with E-state index in [0.717, 1.165) is 9.83 Å². The van der Waals surface area contributed by atoms with Crippen molar-refractivity contribution in [1.82, 2.24) is 4.98 Å². The monoisotopic (exact) mass is 304 g/mol. The van der Waals surface area contributed by atoms with E-state index in [9.17, 15) is 4.79 Å². The fourth-order valence-electron chi connectivity index (χ4n) is 1.45. The fraction of sp³-hybridized carbons (Fsp3) is 0.273. The Labute approximate surface area is 118 Å². The molecule has 96 valence electrons. The second-order valence-electron chi connectivity index (χ2n) is 3.65. The quantitative estimate of drug-likeness (QED) is 0.823. The van der Waals surface area contributed by atoms with Gasteiger partial charge in [-0.3, -0.25) is 4.79 Å². The van der Waals surface area contributed by atoms with Crippen molar-refractivity contribution < 1.29 is 9.90 Å². The number of hydrogen-bond acceptors (Lipinski definition) is 4. The van der Waals surface area contributed by atoms with E-state index in [2.05, 4.69) is 10.3 Å². The molecular weight excluding hydrogens is 295 g/mol. The highest BCUT2D eigenvalue weighted by molar-refractivity contribution is 7.22. The van der Waals surface area contributed by atoms with Gasteiger partial charge in [-0.15, -0.1) is 0 Å². The summed E-state index contributed by atoms with van der Waals surface area (Å²) in [6.07, 6.45) is 0.699. The number of halogens is 2. The minimum atomic E-state index is -0.795. The average molecular weight is 305 g/mol. The summed E-state index contributed by atoms with van der Waals surface area (Å²) in [5, 5.41) is 13.2. The summed E-state index contributed by atoms with van der Waals surface area (Å²) < 4.78 is 0.949. The van der Waals surface area contributed by atoms with Crippen molar-refractivity contribution in [2.45, 2.75) is 12.8 Å². The maximum absolute atomic E-state index is 10.4. The van der Waals surface area contributed by atoms with Gasteiger partial charge in [0, 0.05) is 13.0 Å². The van der Waals surface area contributed by atoms with Crippen LogP contribution in [-0.4, -0.2) is 22.6 Å². The van der Waals surface area contributed by atoms with Crippen LogP contribution in [0.25, 0.3) is 10.2 Å². The van der Waals surface area contributed by atoms with Crippen LogP contribution in [0.2, 0.25) is 10.0 Å². The number of nitrogens with one attached hydrogen (secondary N) is 1. The molecule has 0 fully saturated rings. The predicted molar refractivity (Wildman–Crippen MR) is 75.0 cm³/mol. The molecule has 0 radical (unpaired) electrons. The Kier molecular flexibility index (Phi) is 4.27. The number of thiazole rings is 1. The number of nitrogens with zero attached hydrogens (tertiary/aromatic N) is 1. The van der Waals surface area contributed by atoms with Crippen LogP contribution in [0.1, 0.15) is 12.8 Å². The minimum Gasteiger partial charge on any atom is -0.481 e. The fourth-order valence-corrected chi connectivity index (χ4v) is 2.76. The van der Waals surface area contributed by atoms with Crippen LogP contribution in [-0.2, 0) is 4.79 Å². The van der Waals surface area contributed by atoms with Crippen molar-refractivity contribution >= 4 is 55.9 Å². The Morgan fingerprint density at radius 1 is 1.44 bits per heavy atom. The van der Waals surface area contributed by atoms with Crippen LogP contribution in [0.15, 0.2) is 12.1 Å². The Bertz CT molecular complexity index is 586. The highest BCUT2D eigenvalue weighted by Gasteiger charge is 2.09. The standard InChI is InChI=1S/C11H10Cl2N2O2S/c12-6-3-4-7-10(9(6)13)15-11(18-7)14-5-1-2-8(16)17/h3-4H,1-2,5H2,(H,14,15)(H,16,17).